The Hall–Kier alpha value is -2.76. The number of allylic oxidation sites excluding steroid dienone is 2. The standard InChI is InChI=1S/C33H47N3O7/c1-23(10-12-26-18-33(22-41-33)21-32(3,4)43-26)11-13-29-39-19-25(20-40-29)34-30(37)28-9-7-6-8-27(28)24(2)42-31(38)36-16-14-35(5)15-17-36/h6-12,24-26,29H,13-22H2,1-5H3,(H,34,37)/b12-10+,23-11+/t24-,25?,26+,29?,33+/m0/s1. The van der Waals surface area contributed by atoms with Crippen molar-refractivity contribution in [2.75, 3.05) is 53.0 Å². The van der Waals surface area contributed by atoms with E-state index in [1.54, 1.807) is 24.0 Å². The molecule has 4 aliphatic rings. The van der Waals surface area contributed by atoms with Crippen molar-refractivity contribution >= 4 is 12.0 Å². The predicted molar refractivity (Wildman–Crippen MR) is 162 cm³/mol. The largest absolute Gasteiger partial charge is 0.441 e. The van der Waals surface area contributed by atoms with E-state index in [4.69, 9.17) is 23.7 Å². The van der Waals surface area contributed by atoms with Crippen LogP contribution < -0.4 is 5.32 Å². The molecule has 4 saturated heterocycles. The van der Waals surface area contributed by atoms with Crippen molar-refractivity contribution in [3.05, 3.63) is 59.2 Å². The number of amides is 2. The molecule has 43 heavy (non-hydrogen) atoms. The van der Waals surface area contributed by atoms with Crippen LogP contribution in [-0.4, -0.2) is 104 Å². The van der Waals surface area contributed by atoms with Gasteiger partial charge in [-0.05, 0) is 40.8 Å². The molecule has 0 saturated carbocycles. The first-order valence-electron chi connectivity index (χ1n) is 15.4. The highest BCUT2D eigenvalue weighted by atomic mass is 16.7. The zero-order chi connectivity index (χ0) is 30.6. The minimum atomic E-state index is -0.569. The molecule has 10 heteroatoms. The number of nitrogens with zero attached hydrogens (tertiary/aromatic N) is 2. The molecule has 10 nitrogen and oxygen atoms in total. The van der Waals surface area contributed by atoms with E-state index in [1.807, 2.05) is 19.2 Å². The van der Waals surface area contributed by atoms with Gasteiger partial charge >= 0.3 is 6.09 Å². The molecule has 5 rings (SSSR count). The summed E-state index contributed by atoms with van der Waals surface area (Å²) in [5.74, 6) is -0.249. The van der Waals surface area contributed by atoms with Gasteiger partial charge in [-0.25, -0.2) is 4.79 Å². The fourth-order valence-corrected chi connectivity index (χ4v) is 6.11. The highest BCUT2D eigenvalue weighted by Crippen LogP contribution is 2.46. The SMILES string of the molecule is CC(/C=C/[C@@H]1C[C@]2(CO2)CC(C)(C)O1)=C\CC1OCC(NC(=O)c2ccccc2[C@H](C)OC(=O)N2CCN(C)CC2)CO1. The van der Waals surface area contributed by atoms with Crippen molar-refractivity contribution < 1.29 is 33.3 Å². The number of piperazine rings is 1. The Morgan fingerprint density at radius 3 is 2.53 bits per heavy atom. The van der Waals surface area contributed by atoms with E-state index >= 15 is 0 Å². The van der Waals surface area contributed by atoms with Crippen LogP contribution in [0.4, 0.5) is 4.79 Å². The van der Waals surface area contributed by atoms with Crippen LogP contribution in [0.2, 0.25) is 0 Å². The second kappa shape index (κ2) is 13.5. The molecule has 3 atom stereocenters. The van der Waals surface area contributed by atoms with Crippen molar-refractivity contribution in [1.82, 2.24) is 15.1 Å². The smallest absolute Gasteiger partial charge is 0.410 e. The molecule has 1 aromatic carbocycles. The zero-order valence-electron chi connectivity index (χ0n) is 26.2. The third-order valence-corrected chi connectivity index (χ3v) is 8.53. The maximum absolute atomic E-state index is 13.2. The normalized spacial score (nSPS) is 30.3. The fraction of sp³-hybridized carbons (Fsp3) is 0.636. The highest BCUT2D eigenvalue weighted by molar-refractivity contribution is 5.96. The Morgan fingerprint density at radius 1 is 1.14 bits per heavy atom. The molecule has 1 aromatic rings. The minimum absolute atomic E-state index is 0.00183. The van der Waals surface area contributed by atoms with E-state index < -0.39 is 6.10 Å². The van der Waals surface area contributed by atoms with E-state index in [0.29, 0.717) is 43.9 Å². The Bertz CT molecular complexity index is 1190. The molecule has 0 bridgehead atoms. The summed E-state index contributed by atoms with van der Waals surface area (Å²) in [7, 11) is 2.03. The maximum atomic E-state index is 13.2. The van der Waals surface area contributed by atoms with Crippen molar-refractivity contribution in [2.45, 2.75) is 82.7 Å². The average Bonchev–Trinajstić information content (AvgIpc) is 3.72. The Balaban J connectivity index is 1.07. The Kier molecular flexibility index (Phi) is 9.93. The molecule has 0 radical (unpaired) electrons. The Morgan fingerprint density at radius 2 is 1.84 bits per heavy atom. The van der Waals surface area contributed by atoms with E-state index in [2.05, 4.69) is 49.2 Å². The molecule has 4 fully saturated rings. The maximum Gasteiger partial charge on any atom is 0.410 e. The first-order valence-corrected chi connectivity index (χ1v) is 15.4. The predicted octanol–water partition coefficient (Wildman–Crippen LogP) is 4.22. The summed E-state index contributed by atoms with van der Waals surface area (Å²) in [5, 5.41) is 3.02. The third-order valence-electron chi connectivity index (χ3n) is 8.53. The molecule has 4 heterocycles. The van der Waals surface area contributed by atoms with Crippen molar-refractivity contribution in [3.63, 3.8) is 0 Å². The summed E-state index contributed by atoms with van der Waals surface area (Å²) in [4.78, 5) is 29.8. The van der Waals surface area contributed by atoms with E-state index in [9.17, 15) is 9.59 Å². The van der Waals surface area contributed by atoms with Crippen molar-refractivity contribution in [1.29, 1.82) is 0 Å². The lowest BCUT2D eigenvalue weighted by molar-refractivity contribution is -0.185. The second-order valence-corrected chi connectivity index (χ2v) is 13.0. The van der Waals surface area contributed by atoms with Gasteiger partial charge in [-0.3, -0.25) is 4.79 Å². The first-order chi connectivity index (χ1) is 20.5. The first kappa shape index (κ1) is 31.7. The summed E-state index contributed by atoms with van der Waals surface area (Å²) < 4.78 is 29.5. The number of hydrogen-bond acceptors (Lipinski definition) is 8. The molecular formula is C33H47N3O7. The lowest BCUT2D eigenvalue weighted by Gasteiger charge is -2.38. The lowest BCUT2D eigenvalue weighted by Crippen LogP contribution is -2.47. The van der Waals surface area contributed by atoms with Gasteiger partial charge < -0.3 is 38.8 Å². The quantitative estimate of drug-likeness (QED) is 0.351. The third kappa shape index (κ3) is 8.67. The minimum Gasteiger partial charge on any atom is -0.441 e. The fourth-order valence-electron chi connectivity index (χ4n) is 6.11. The van der Waals surface area contributed by atoms with Crippen LogP contribution in [0, 0.1) is 0 Å². The number of benzene rings is 1. The van der Waals surface area contributed by atoms with Gasteiger partial charge in [0.25, 0.3) is 5.91 Å². The molecule has 0 unspecified atom stereocenters. The number of carbonyl (C=O) groups is 2. The van der Waals surface area contributed by atoms with Gasteiger partial charge in [0.2, 0.25) is 0 Å². The van der Waals surface area contributed by atoms with Gasteiger partial charge in [-0.2, -0.15) is 0 Å². The lowest BCUT2D eigenvalue weighted by atomic mass is 9.85. The van der Waals surface area contributed by atoms with Crippen LogP contribution in [-0.2, 0) is 23.7 Å². The van der Waals surface area contributed by atoms with Crippen LogP contribution in [0.25, 0.3) is 0 Å². The summed E-state index contributed by atoms with van der Waals surface area (Å²) in [6, 6.07) is 6.93. The van der Waals surface area contributed by atoms with Crippen LogP contribution in [0.5, 0.6) is 0 Å². The number of hydrogen-bond donors (Lipinski definition) is 1. The molecule has 2 amide bonds. The van der Waals surface area contributed by atoms with Crippen molar-refractivity contribution in [3.8, 4) is 0 Å². The second-order valence-electron chi connectivity index (χ2n) is 13.0. The van der Waals surface area contributed by atoms with Crippen molar-refractivity contribution in [2.24, 2.45) is 0 Å². The number of likely N-dealkylation sites (N-methyl/N-ethyl adjacent to an activating group) is 1. The van der Waals surface area contributed by atoms with Crippen LogP contribution in [0.1, 0.15) is 69.0 Å². The summed E-state index contributed by atoms with van der Waals surface area (Å²) >= 11 is 0. The summed E-state index contributed by atoms with van der Waals surface area (Å²) in [6.45, 7) is 12.5. The number of epoxide rings is 1. The monoisotopic (exact) mass is 597 g/mol. The van der Waals surface area contributed by atoms with E-state index in [0.717, 1.165) is 38.1 Å². The molecule has 4 aliphatic heterocycles. The van der Waals surface area contributed by atoms with Gasteiger partial charge in [0.15, 0.2) is 6.29 Å². The van der Waals surface area contributed by atoms with Gasteiger partial charge in [-0.1, -0.05) is 42.0 Å². The number of carbonyl (C=O) groups excluding carboxylic acids is 2. The summed E-state index contributed by atoms with van der Waals surface area (Å²) in [6.07, 6.45) is 7.50. The van der Waals surface area contributed by atoms with Crippen LogP contribution in [0.15, 0.2) is 48.1 Å². The number of rotatable bonds is 8. The van der Waals surface area contributed by atoms with Gasteiger partial charge in [-0.15, -0.1) is 0 Å². The molecule has 0 aliphatic carbocycles. The molecule has 1 N–H and O–H groups in total. The van der Waals surface area contributed by atoms with Gasteiger partial charge in [0.1, 0.15) is 6.10 Å². The molecular weight excluding hydrogens is 550 g/mol. The van der Waals surface area contributed by atoms with Gasteiger partial charge in [0, 0.05) is 56.6 Å². The zero-order valence-corrected chi connectivity index (χ0v) is 26.2. The molecule has 1 spiro atoms. The Labute approximate surface area is 255 Å². The van der Waals surface area contributed by atoms with Gasteiger partial charge in [0.05, 0.1) is 43.2 Å². The summed E-state index contributed by atoms with van der Waals surface area (Å²) in [5.41, 5.74) is 2.06. The number of nitrogens with one attached hydrogen (secondary N) is 1. The highest BCUT2D eigenvalue weighted by Gasteiger charge is 2.53. The molecule has 0 aromatic heterocycles. The number of ether oxygens (including phenoxy) is 5. The van der Waals surface area contributed by atoms with E-state index in [-0.39, 0.29) is 41.6 Å². The average molecular weight is 598 g/mol. The topological polar surface area (TPSA) is 102 Å². The van der Waals surface area contributed by atoms with Crippen LogP contribution in [0.3, 0.4) is 0 Å². The molecule has 236 valence electrons. The van der Waals surface area contributed by atoms with E-state index in [1.165, 1.54) is 0 Å². The van der Waals surface area contributed by atoms with Crippen LogP contribution >= 0.6 is 0 Å².